The van der Waals surface area contributed by atoms with Crippen molar-refractivity contribution in [2.45, 2.75) is 6.42 Å². The van der Waals surface area contributed by atoms with Crippen LogP contribution < -0.4 is 0 Å². The lowest BCUT2D eigenvalue weighted by Crippen LogP contribution is -1.78. The molecule has 0 aliphatic heterocycles. The van der Waals surface area contributed by atoms with E-state index in [0.717, 1.165) is 28.4 Å². The number of hydrogen-bond acceptors (Lipinski definition) is 2. The predicted molar refractivity (Wildman–Crippen MR) is 63.5 cm³/mol. The number of furan rings is 1. The topological polar surface area (TPSA) is 30.2 Å². The Labute approximate surface area is 92.5 Å². The quantitative estimate of drug-likeness (QED) is 0.607. The van der Waals surface area contributed by atoms with Crippen molar-refractivity contribution in [1.82, 2.24) is 0 Å². The predicted octanol–water partition coefficient (Wildman–Crippen LogP) is 3.33. The molecule has 2 heteroatoms. The SMILES string of the molecule is O=CCc1cc2cc3ccccc3cc2o1. The zero-order valence-corrected chi connectivity index (χ0v) is 8.64. The van der Waals surface area contributed by atoms with E-state index >= 15 is 0 Å². The van der Waals surface area contributed by atoms with Crippen molar-refractivity contribution < 1.29 is 9.21 Å². The lowest BCUT2D eigenvalue weighted by atomic mass is 10.1. The number of rotatable bonds is 2. The van der Waals surface area contributed by atoms with Gasteiger partial charge in [-0.2, -0.15) is 0 Å². The summed E-state index contributed by atoms with van der Waals surface area (Å²) in [4.78, 5) is 10.4. The van der Waals surface area contributed by atoms with Gasteiger partial charge in [0.1, 0.15) is 17.6 Å². The Morgan fingerprint density at radius 2 is 1.75 bits per heavy atom. The van der Waals surface area contributed by atoms with Gasteiger partial charge in [-0.1, -0.05) is 24.3 Å². The summed E-state index contributed by atoms with van der Waals surface area (Å²) in [6.07, 6.45) is 1.20. The van der Waals surface area contributed by atoms with Crippen LogP contribution in [-0.2, 0) is 11.2 Å². The Morgan fingerprint density at radius 1 is 1.00 bits per heavy atom. The summed E-state index contributed by atoms with van der Waals surface area (Å²) in [6, 6.07) is 14.2. The molecular formula is C14H10O2. The van der Waals surface area contributed by atoms with E-state index in [1.165, 1.54) is 5.39 Å². The Morgan fingerprint density at radius 3 is 2.50 bits per heavy atom. The minimum Gasteiger partial charge on any atom is -0.461 e. The Hall–Kier alpha value is -2.09. The first-order valence-electron chi connectivity index (χ1n) is 5.22. The molecule has 0 aliphatic rings. The van der Waals surface area contributed by atoms with E-state index in [0.29, 0.717) is 6.42 Å². The van der Waals surface area contributed by atoms with Crippen LogP contribution in [0.4, 0.5) is 0 Å². The monoisotopic (exact) mass is 210 g/mol. The van der Waals surface area contributed by atoms with Gasteiger partial charge in [0.25, 0.3) is 0 Å². The van der Waals surface area contributed by atoms with Crippen molar-refractivity contribution in [3.63, 3.8) is 0 Å². The highest BCUT2D eigenvalue weighted by Gasteiger charge is 2.04. The normalized spacial score (nSPS) is 11.0. The molecule has 0 N–H and O–H groups in total. The number of fused-ring (bicyclic) bond motifs is 2. The molecule has 2 aromatic carbocycles. The van der Waals surface area contributed by atoms with E-state index in [1.54, 1.807) is 0 Å². The minimum atomic E-state index is 0.338. The van der Waals surface area contributed by atoms with Gasteiger partial charge in [-0.25, -0.2) is 0 Å². The van der Waals surface area contributed by atoms with E-state index < -0.39 is 0 Å². The van der Waals surface area contributed by atoms with Gasteiger partial charge in [0.15, 0.2) is 0 Å². The Bertz CT molecular complexity index is 612. The van der Waals surface area contributed by atoms with Gasteiger partial charge in [-0.05, 0) is 29.0 Å². The molecule has 0 saturated heterocycles. The summed E-state index contributed by atoms with van der Waals surface area (Å²) < 4.78 is 5.59. The van der Waals surface area contributed by atoms with Crippen LogP contribution >= 0.6 is 0 Å². The maximum Gasteiger partial charge on any atom is 0.134 e. The van der Waals surface area contributed by atoms with Gasteiger partial charge < -0.3 is 9.21 Å². The summed E-state index contributed by atoms with van der Waals surface area (Å²) in [5.41, 5.74) is 0.843. The van der Waals surface area contributed by atoms with Crippen LogP contribution in [0.3, 0.4) is 0 Å². The van der Waals surface area contributed by atoms with Gasteiger partial charge in [0, 0.05) is 5.39 Å². The first kappa shape index (κ1) is 9.16. The standard InChI is InChI=1S/C14H10O2/c15-6-5-13-8-12-7-10-3-1-2-4-11(10)9-14(12)16-13/h1-4,6-9H,5H2. The fraction of sp³-hybridized carbons (Fsp3) is 0.0714. The second kappa shape index (κ2) is 3.49. The largest absolute Gasteiger partial charge is 0.461 e. The van der Waals surface area contributed by atoms with Crippen molar-refractivity contribution in [1.29, 1.82) is 0 Å². The summed E-state index contributed by atoms with van der Waals surface area (Å²) in [5.74, 6) is 0.723. The maximum absolute atomic E-state index is 10.4. The van der Waals surface area contributed by atoms with Crippen LogP contribution in [0.2, 0.25) is 0 Å². The van der Waals surface area contributed by atoms with E-state index in [1.807, 2.05) is 24.3 Å². The average molecular weight is 210 g/mol. The molecule has 3 aromatic rings. The number of aldehydes is 1. The van der Waals surface area contributed by atoms with Crippen LogP contribution in [0.15, 0.2) is 46.9 Å². The first-order chi connectivity index (χ1) is 7.86. The molecular weight excluding hydrogens is 200 g/mol. The molecule has 1 aromatic heterocycles. The van der Waals surface area contributed by atoms with E-state index in [-0.39, 0.29) is 0 Å². The molecule has 0 atom stereocenters. The van der Waals surface area contributed by atoms with Gasteiger partial charge in [-0.3, -0.25) is 0 Å². The Balaban J connectivity index is 2.29. The molecule has 0 radical (unpaired) electrons. The van der Waals surface area contributed by atoms with Gasteiger partial charge >= 0.3 is 0 Å². The molecule has 0 spiro atoms. The van der Waals surface area contributed by atoms with Crippen LogP contribution in [0.1, 0.15) is 5.76 Å². The molecule has 2 nitrogen and oxygen atoms in total. The third kappa shape index (κ3) is 1.39. The molecule has 0 fully saturated rings. The van der Waals surface area contributed by atoms with Crippen molar-refractivity contribution in [2.24, 2.45) is 0 Å². The molecule has 0 bridgehead atoms. The second-order valence-corrected chi connectivity index (χ2v) is 3.82. The highest BCUT2D eigenvalue weighted by Crippen LogP contribution is 2.25. The molecule has 3 rings (SSSR count). The van der Waals surface area contributed by atoms with Gasteiger partial charge in [-0.15, -0.1) is 0 Å². The molecule has 1 heterocycles. The van der Waals surface area contributed by atoms with E-state index in [9.17, 15) is 4.79 Å². The third-order valence-corrected chi connectivity index (χ3v) is 2.72. The van der Waals surface area contributed by atoms with Crippen molar-refractivity contribution in [2.75, 3.05) is 0 Å². The number of hydrogen-bond donors (Lipinski definition) is 0. The Kier molecular flexibility index (Phi) is 2.00. The highest BCUT2D eigenvalue weighted by molar-refractivity contribution is 5.96. The minimum absolute atomic E-state index is 0.338. The highest BCUT2D eigenvalue weighted by atomic mass is 16.3. The van der Waals surface area contributed by atoms with E-state index in [4.69, 9.17) is 4.42 Å². The lowest BCUT2D eigenvalue weighted by Gasteiger charge is -1.95. The smallest absolute Gasteiger partial charge is 0.134 e. The fourth-order valence-corrected chi connectivity index (χ4v) is 1.97. The zero-order chi connectivity index (χ0) is 11.0. The van der Waals surface area contributed by atoms with Crippen molar-refractivity contribution in [3.05, 3.63) is 48.2 Å². The summed E-state index contributed by atoms with van der Waals surface area (Å²) in [6.45, 7) is 0. The van der Waals surface area contributed by atoms with Crippen molar-refractivity contribution in [3.8, 4) is 0 Å². The average Bonchev–Trinajstić information content (AvgIpc) is 2.67. The molecule has 78 valence electrons. The molecule has 16 heavy (non-hydrogen) atoms. The van der Waals surface area contributed by atoms with Crippen molar-refractivity contribution >= 4 is 28.0 Å². The first-order valence-corrected chi connectivity index (χ1v) is 5.22. The molecule has 0 saturated carbocycles. The molecule has 0 aliphatic carbocycles. The lowest BCUT2D eigenvalue weighted by molar-refractivity contribution is -0.107. The van der Waals surface area contributed by atoms with E-state index in [2.05, 4.69) is 18.2 Å². The van der Waals surface area contributed by atoms with Crippen LogP contribution in [0, 0.1) is 0 Å². The summed E-state index contributed by atoms with van der Waals surface area (Å²) in [7, 11) is 0. The number of carbonyl (C=O) groups is 1. The summed E-state index contributed by atoms with van der Waals surface area (Å²) in [5, 5.41) is 3.39. The van der Waals surface area contributed by atoms with Gasteiger partial charge in [0.05, 0.1) is 6.42 Å². The van der Waals surface area contributed by atoms with Gasteiger partial charge in [0.2, 0.25) is 0 Å². The van der Waals surface area contributed by atoms with Crippen LogP contribution in [-0.4, -0.2) is 6.29 Å². The number of carbonyl (C=O) groups excluding carboxylic acids is 1. The molecule has 0 amide bonds. The molecule has 0 unspecified atom stereocenters. The summed E-state index contributed by atoms with van der Waals surface area (Å²) >= 11 is 0. The number of benzene rings is 2. The van der Waals surface area contributed by atoms with Crippen LogP contribution in [0.25, 0.3) is 21.7 Å². The second-order valence-electron chi connectivity index (χ2n) is 3.82. The zero-order valence-electron chi connectivity index (χ0n) is 8.64. The third-order valence-electron chi connectivity index (χ3n) is 2.72. The van der Waals surface area contributed by atoms with Crippen LogP contribution in [0.5, 0.6) is 0 Å². The fourth-order valence-electron chi connectivity index (χ4n) is 1.97. The maximum atomic E-state index is 10.4.